The van der Waals surface area contributed by atoms with Crippen LogP contribution in [0.15, 0.2) is 42.6 Å². The molecule has 0 radical (unpaired) electrons. The molecule has 2 heterocycles. The molecule has 0 spiro atoms. The molecule has 104 valence electrons. The molecular weight excluding hydrogens is 246 g/mol. The van der Waals surface area contributed by atoms with Crippen molar-refractivity contribution >= 4 is 5.69 Å². The molecule has 0 amide bonds. The van der Waals surface area contributed by atoms with E-state index in [-0.39, 0.29) is 6.04 Å². The molecule has 0 bridgehead atoms. The van der Waals surface area contributed by atoms with Gasteiger partial charge in [-0.1, -0.05) is 18.2 Å². The Bertz CT molecular complexity index is 580. The first-order valence-corrected chi connectivity index (χ1v) is 7.21. The Morgan fingerprint density at radius 2 is 2.20 bits per heavy atom. The molecule has 0 saturated heterocycles. The van der Waals surface area contributed by atoms with Gasteiger partial charge >= 0.3 is 0 Å². The lowest BCUT2D eigenvalue weighted by atomic mass is 10.1. The minimum atomic E-state index is 0.270. The number of nitrogens with one attached hydrogen (secondary N) is 1. The molecule has 0 saturated carbocycles. The summed E-state index contributed by atoms with van der Waals surface area (Å²) in [4.78, 5) is 6.71. The molecule has 1 aromatic carbocycles. The van der Waals surface area contributed by atoms with Crippen LogP contribution < -0.4 is 10.2 Å². The number of pyridine rings is 1. The Morgan fingerprint density at radius 3 is 3.00 bits per heavy atom. The van der Waals surface area contributed by atoms with Crippen LogP contribution >= 0.6 is 0 Å². The first-order chi connectivity index (χ1) is 9.74. The number of fused-ring (bicyclic) bond motifs is 1. The molecule has 0 unspecified atom stereocenters. The lowest BCUT2D eigenvalue weighted by molar-refractivity contribution is 0.561. The van der Waals surface area contributed by atoms with Crippen molar-refractivity contribution in [1.82, 2.24) is 10.3 Å². The van der Waals surface area contributed by atoms with Gasteiger partial charge in [0.15, 0.2) is 0 Å². The third-order valence-corrected chi connectivity index (χ3v) is 4.02. The van der Waals surface area contributed by atoms with Gasteiger partial charge in [0, 0.05) is 38.1 Å². The number of rotatable bonds is 4. The summed E-state index contributed by atoms with van der Waals surface area (Å²) >= 11 is 0. The summed E-state index contributed by atoms with van der Waals surface area (Å²) in [5, 5.41) is 3.54. The topological polar surface area (TPSA) is 28.2 Å². The van der Waals surface area contributed by atoms with Crippen molar-refractivity contribution in [3.8, 4) is 0 Å². The molecule has 3 heteroatoms. The van der Waals surface area contributed by atoms with E-state index in [4.69, 9.17) is 0 Å². The van der Waals surface area contributed by atoms with Crippen molar-refractivity contribution in [3.63, 3.8) is 0 Å². The number of nitrogens with zero attached hydrogens (tertiary/aromatic N) is 2. The zero-order valence-electron chi connectivity index (χ0n) is 12.1. The van der Waals surface area contributed by atoms with E-state index in [0.717, 1.165) is 25.2 Å². The molecule has 1 N–H and O–H groups in total. The maximum Gasteiger partial charge on any atom is 0.0570 e. The van der Waals surface area contributed by atoms with E-state index >= 15 is 0 Å². The second-order valence-corrected chi connectivity index (χ2v) is 5.49. The average molecular weight is 267 g/mol. The lowest BCUT2D eigenvalue weighted by Gasteiger charge is -2.15. The van der Waals surface area contributed by atoms with Gasteiger partial charge in [-0.05, 0) is 42.7 Å². The minimum Gasteiger partial charge on any atom is -0.374 e. The number of benzene rings is 1. The lowest BCUT2D eigenvalue weighted by Crippen LogP contribution is -2.19. The molecule has 1 aromatic heterocycles. The quantitative estimate of drug-likeness (QED) is 0.923. The van der Waals surface area contributed by atoms with Gasteiger partial charge in [-0.2, -0.15) is 0 Å². The number of hydrogen-bond acceptors (Lipinski definition) is 3. The van der Waals surface area contributed by atoms with Crippen LogP contribution in [0.1, 0.15) is 29.8 Å². The van der Waals surface area contributed by atoms with E-state index in [1.165, 1.54) is 16.8 Å². The summed E-state index contributed by atoms with van der Waals surface area (Å²) in [7, 11) is 2.16. The van der Waals surface area contributed by atoms with Crippen molar-refractivity contribution in [2.75, 3.05) is 18.5 Å². The molecule has 3 rings (SSSR count). The fraction of sp³-hybridized carbons (Fsp3) is 0.353. The highest BCUT2D eigenvalue weighted by Crippen LogP contribution is 2.27. The number of aromatic nitrogens is 1. The van der Waals surface area contributed by atoms with Gasteiger partial charge in [-0.25, -0.2) is 0 Å². The predicted molar refractivity (Wildman–Crippen MR) is 82.9 cm³/mol. The fourth-order valence-corrected chi connectivity index (χ4v) is 2.74. The van der Waals surface area contributed by atoms with Crippen molar-refractivity contribution in [3.05, 3.63) is 59.4 Å². The maximum absolute atomic E-state index is 4.39. The average Bonchev–Trinajstić information content (AvgIpc) is 2.87. The fourth-order valence-electron chi connectivity index (χ4n) is 2.74. The Hall–Kier alpha value is -1.87. The highest BCUT2D eigenvalue weighted by Gasteiger charge is 2.15. The van der Waals surface area contributed by atoms with E-state index in [9.17, 15) is 0 Å². The van der Waals surface area contributed by atoms with Crippen LogP contribution in [0.25, 0.3) is 0 Å². The van der Waals surface area contributed by atoms with Crippen LogP contribution in [0.3, 0.4) is 0 Å². The predicted octanol–water partition coefficient (Wildman–Crippen LogP) is 2.92. The summed E-state index contributed by atoms with van der Waals surface area (Å²) in [6, 6.07) is 13.1. The van der Waals surface area contributed by atoms with Gasteiger partial charge in [0.2, 0.25) is 0 Å². The summed E-state index contributed by atoms with van der Waals surface area (Å²) in [6.45, 7) is 4.18. The van der Waals surface area contributed by atoms with E-state index < -0.39 is 0 Å². The van der Waals surface area contributed by atoms with Crippen molar-refractivity contribution in [2.45, 2.75) is 25.9 Å². The molecule has 0 fully saturated rings. The molecule has 1 atom stereocenters. The van der Waals surface area contributed by atoms with Crippen LogP contribution in [0.4, 0.5) is 5.69 Å². The van der Waals surface area contributed by atoms with Crippen LogP contribution in [0, 0.1) is 0 Å². The minimum absolute atomic E-state index is 0.270. The molecule has 0 aliphatic carbocycles. The zero-order chi connectivity index (χ0) is 13.9. The zero-order valence-corrected chi connectivity index (χ0v) is 12.1. The molecule has 20 heavy (non-hydrogen) atoms. The Balaban J connectivity index is 1.64. The Labute approximate surface area is 120 Å². The summed E-state index contributed by atoms with van der Waals surface area (Å²) in [5.74, 6) is 0. The number of hydrogen-bond donors (Lipinski definition) is 1. The third-order valence-electron chi connectivity index (χ3n) is 4.02. The van der Waals surface area contributed by atoms with Gasteiger partial charge in [-0.3, -0.25) is 4.98 Å². The number of likely N-dealkylation sites (N-methyl/N-ethyl adjacent to an activating group) is 1. The maximum atomic E-state index is 4.39. The highest BCUT2D eigenvalue weighted by atomic mass is 15.1. The Morgan fingerprint density at radius 1 is 1.30 bits per heavy atom. The number of anilines is 1. The van der Waals surface area contributed by atoms with E-state index in [0.29, 0.717) is 0 Å². The van der Waals surface area contributed by atoms with Gasteiger partial charge in [0.25, 0.3) is 0 Å². The summed E-state index contributed by atoms with van der Waals surface area (Å²) < 4.78 is 0. The van der Waals surface area contributed by atoms with Crippen LogP contribution in [0.5, 0.6) is 0 Å². The van der Waals surface area contributed by atoms with Crippen molar-refractivity contribution < 1.29 is 0 Å². The smallest absolute Gasteiger partial charge is 0.0570 e. The molecule has 2 aromatic rings. The van der Waals surface area contributed by atoms with E-state index in [1.54, 1.807) is 0 Å². The van der Waals surface area contributed by atoms with E-state index in [1.807, 2.05) is 18.3 Å². The van der Waals surface area contributed by atoms with E-state index in [2.05, 4.69) is 53.4 Å². The molecular formula is C17H21N3. The first kappa shape index (κ1) is 13.1. The molecule has 1 aliphatic heterocycles. The van der Waals surface area contributed by atoms with Gasteiger partial charge in [0.1, 0.15) is 0 Å². The van der Waals surface area contributed by atoms with Gasteiger partial charge in [0.05, 0.1) is 5.69 Å². The second-order valence-electron chi connectivity index (χ2n) is 5.49. The monoisotopic (exact) mass is 267 g/mol. The molecule has 1 aliphatic rings. The van der Waals surface area contributed by atoms with Crippen LogP contribution in [-0.4, -0.2) is 18.6 Å². The van der Waals surface area contributed by atoms with Crippen molar-refractivity contribution in [2.24, 2.45) is 0 Å². The van der Waals surface area contributed by atoms with Crippen molar-refractivity contribution in [1.29, 1.82) is 0 Å². The largest absolute Gasteiger partial charge is 0.374 e. The van der Waals surface area contributed by atoms with Crippen LogP contribution in [-0.2, 0) is 13.0 Å². The third kappa shape index (κ3) is 2.68. The second kappa shape index (κ2) is 5.63. The van der Waals surface area contributed by atoms with Gasteiger partial charge in [-0.15, -0.1) is 0 Å². The normalized spacial score (nSPS) is 15.2. The SMILES string of the molecule is C[C@H](NCc1ccc2c(c1)CCN2C)c1ccccn1. The first-order valence-electron chi connectivity index (χ1n) is 7.21. The van der Waals surface area contributed by atoms with Crippen LogP contribution in [0.2, 0.25) is 0 Å². The summed E-state index contributed by atoms with van der Waals surface area (Å²) in [6.07, 6.45) is 3.01. The highest BCUT2D eigenvalue weighted by molar-refractivity contribution is 5.58. The summed E-state index contributed by atoms with van der Waals surface area (Å²) in [5.41, 5.74) is 5.29. The standard InChI is InChI=1S/C17H21N3/c1-13(16-5-3-4-9-18-16)19-12-14-6-7-17-15(11-14)8-10-20(17)2/h3-7,9,11,13,19H,8,10,12H2,1-2H3/t13-/m0/s1. The Kier molecular flexibility index (Phi) is 3.70. The molecule has 3 nitrogen and oxygen atoms in total. The van der Waals surface area contributed by atoms with Gasteiger partial charge < -0.3 is 10.2 Å².